The van der Waals surface area contributed by atoms with Crippen molar-refractivity contribution in [1.82, 2.24) is 5.32 Å². The first-order valence-electron chi connectivity index (χ1n) is 4.72. The van der Waals surface area contributed by atoms with Crippen LogP contribution in [0.2, 0.25) is 0 Å². The molecule has 0 spiro atoms. The van der Waals surface area contributed by atoms with E-state index < -0.39 is 0 Å². The van der Waals surface area contributed by atoms with Crippen LogP contribution in [-0.4, -0.2) is 18.9 Å². The fourth-order valence-electron chi connectivity index (χ4n) is 1.75. The van der Waals surface area contributed by atoms with Gasteiger partial charge in [-0.25, -0.2) is 0 Å². The topological polar surface area (TPSA) is 29.1 Å². The smallest absolute Gasteiger partial charge is 0.149 e. The van der Waals surface area contributed by atoms with Gasteiger partial charge < -0.3 is 5.32 Å². The number of carbonyl (C=O) groups excluding carboxylic acids is 1. The second-order valence-electron chi connectivity index (χ2n) is 4.89. The Balaban J connectivity index is 2.45. The highest BCUT2D eigenvalue weighted by Gasteiger charge is 2.26. The van der Waals surface area contributed by atoms with Gasteiger partial charge in [0, 0.05) is 5.92 Å². The lowest BCUT2D eigenvalue weighted by atomic mass is 9.80. The van der Waals surface area contributed by atoms with Crippen molar-refractivity contribution < 1.29 is 4.79 Å². The maximum Gasteiger partial charge on any atom is 0.149 e. The summed E-state index contributed by atoms with van der Waals surface area (Å²) in [5.41, 5.74) is 0.289. The number of hydrogen-bond donors (Lipinski definition) is 1. The van der Waals surface area contributed by atoms with Gasteiger partial charge in [0.05, 0.1) is 6.54 Å². The second-order valence-corrected chi connectivity index (χ2v) is 4.89. The molecule has 12 heavy (non-hydrogen) atoms. The van der Waals surface area contributed by atoms with Crippen molar-refractivity contribution in [2.24, 2.45) is 11.3 Å². The summed E-state index contributed by atoms with van der Waals surface area (Å²) in [5, 5.41) is 3.10. The Morgan fingerprint density at radius 1 is 1.50 bits per heavy atom. The molecule has 1 unspecified atom stereocenters. The van der Waals surface area contributed by atoms with Gasteiger partial charge in [0.15, 0.2) is 0 Å². The molecule has 1 aliphatic rings. The Labute approximate surface area is 74.7 Å². The molecule has 1 aliphatic heterocycles. The summed E-state index contributed by atoms with van der Waals surface area (Å²) in [5.74, 6) is 0.711. The van der Waals surface area contributed by atoms with E-state index in [1.165, 1.54) is 0 Å². The third-order valence-corrected chi connectivity index (χ3v) is 2.28. The number of rotatable bonds is 1. The third kappa shape index (κ3) is 2.94. The average Bonchev–Trinajstić information content (AvgIpc) is 1.91. The summed E-state index contributed by atoms with van der Waals surface area (Å²) < 4.78 is 0. The largest absolute Gasteiger partial charge is 0.310 e. The number of ketones is 1. The molecule has 0 amide bonds. The Bertz CT molecular complexity index is 169. The van der Waals surface area contributed by atoms with E-state index in [9.17, 15) is 4.79 Å². The second kappa shape index (κ2) is 3.56. The van der Waals surface area contributed by atoms with Crippen LogP contribution in [0, 0.1) is 11.3 Å². The fourth-order valence-corrected chi connectivity index (χ4v) is 1.75. The van der Waals surface area contributed by atoms with Crippen molar-refractivity contribution in [3.05, 3.63) is 0 Å². The first-order valence-corrected chi connectivity index (χ1v) is 4.72. The Morgan fingerprint density at radius 2 is 2.17 bits per heavy atom. The zero-order chi connectivity index (χ0) is 9.19. The number of piperidine rings is 1. The number of nitrogens with one attached hydrogen (secondary N) is 1. The standard InChI is InChI=1S/C10H19NO/c1-10(2,3)6-8-4-5-11-7-9(8)12/h8,11H,4-7H2,1-3H3. The summed E-state index contributed by atoms with van der Waals surface area (Å²) in [6, 6.07) is 0. The Hall–Kier alpha value is -0.370. The molecule has 0 radical (unpaired) electrons. The van der Waals surface area contributed by atoms with Crippen molar-refractivity contribution in [2.45, 2.75) is 33.6 Å². The van der Waals surface area contributed by atoms with Gasteiger partial charge in [0.1, 0.15) is 5.78 Å². The molecule has 1 heterocycles. The molecule has 2 nitrogen and oxygen atoms in total. The van der Waals surface area contributed by atoms with Crippen LogP contribution in [0.15, 0.2) is 0 Å². The molecule has 70 valence electrons. The van der Waals surface area contributed by atoms with Gasteiger partial charge in [-0.2, -0.15) is 0 Å². The average molecular weight is 169 g/mol. The molecule has 0 aromatic rings. The zero-order valence-corrected chi connectivity index (χ0v) is 8.31. The molecular weight excluding hydrogens is 150 g/mol. The minimum absolute atomic E-state index is 0.289. The van der Waals surface area contributed by atoms with Gasteiger partial charge in [-0.05, 0) is 24.8 Å². The summed E-state index contributed by atoms with van der Waals surface area (Å²) in [6.07, 6.45) is 2.06. The molecule has 0 aliphatic carbocycles. The third-order valence-electron chi connectivity index (χ3n) is 2.28. The minimum atomic E-state index is 0.289. The van der Waals surface area contributed by atoms with Crippen LogP contribution in [0.3, 0.4) is 0 Å². The summed E-state index contributed by atoms with van der Waals surface area (Å²) >= 11 is 0. The van der Waals surface area contributed by atoms with E-state index >= 15 is 0 Å². The number of carbonyl (C=O) groups is 1. The highest BCUT2D eigenvalue weighted by atomic mass is 16.1. The van der Waals surface area contributed by atoms with Crippen molar-refractivity contribution in [2.75, 3.05) is 13.1 Å². The van der Waals surface area contributed by atoms with E-state index in [4.69, 9.17) is 0 Å². The Kier molecular flexibility index (Phi) is 2.89. The number of Topliss-reactive ketones (excluding diaryl/α,β-unsaturated/α-hetero) is 1. The lowest BCUT2D eigenvalue weighted by Crippen LogP contribution is -2.38. The molecular formula is C10H19NO. The van der Waals surface area contributed by atoms with Crippen molar-refractivity contribution in [1.29, 1.82) is 0 Å². The van der Waals surface area contributed by atoms with Gasteiger partial charge in [0.25, 0.3) is 0 Å². The van der Waals surface area contributed by atoms with Crippen LogP contribution < -0.4 is 5.32 Å². The Morgan fingerprint density at radius 3 is 2.67 bits per heavy atom. The van der Waals surface area contributed by atoms with Crippen LogP contribution in [0.5, 0.6) is 0 Å². The fraction of sp³-hybridized carbons (Fsp3) is 0.900. The molecule has 1 N–H and O–H groups in total. The predicted molar refractivity (Wildman–Crippen MR) is 50.1 cm³/mol. The molecule has 1 atom stereocenters. The molecule has 0 aromatic carbocycles. The lowest BCUT2D eigenvalue weighted by Gasteiger charge is -2.28. The van der Waals surface area contributed by atoms with Crippen molar-refractivity contribution >= 4 is 5.78 Å². The van der Waals surface area contributed by atoms with Crippen LogP contribution in [0.4, 0.5) is 0 Å². The molecule has 1 saturated heterocycles. The molecule has 1 fully saturated rings. The van der Waals surface area contributed by atoms with Gasteiger partial charge in [-0.15, -0.1) is 0 Å². The van der Waals surface area contributed by atoms with Gasteiger partial charge in [-0.1, -0.05) is 20.8 Å². The van der Waals surface area contributed by atoms with Gasteiger partial charge in [0.2, 0.25) is 0 Å². The van der Waals surface area contributed by atoms with Crippen LogP contribution in [-0.2, 0) is 4.79 Å². The van der Waals surface area contributed by atoms with Crippen LogP contribution in [0.1, 0.15) is 33.6 Å². The summed E-state index contributed by atoms with van der Waals surface area (Å²) in [6.45, 7) is 8.18. The lowest BCUT2D eigenvalue weighted by molar-refractivity contribution is -0.124. The predicted octanol–water partition coefficient (Wildman–Crippen LogP) is 1.60. The first kappa shape index (κ1) is 9.72. The summed E-state index contributed by atoms with van der Waals surface area (Å²) in [4.78, 5) is 11.4. The maximum atomic E-state index is 11.4. The molecule has 1 rings (SSSR count). The van der Waals surface area contributed by atoms with Gasteiger partial charge >= 0.3 is 0 Å². The maximum absolute atomic E-state index is 11.4. The zero-order valence-electron chi connectivity index (χ0n) is 8.31. The molecule has 0 bridgehead atoms. The monoisotopic (exact) mass is 169 g/mol. The van der Waals surface area contributed by atoms with E-state index in [-0.39, 0.29) is 5.41 Å². The highest BCUT2D eigenvalue weighted by Crippen LogP contribution is 2.27. The van der Waals surface area contributed by atoms with E-state index in [1.54, 1.807) is 0 Å². The minimum Gasteiger partial charge on any atom is -0.310 e. The van der Waals surface area contributed by atoms with E-state index in [1.807, 2.05) is 0 Å². The van der Waals surface area contributed by atoms with E-state index in [0.29, 0.717) is 18.2 Å². The van der Waals surface area contributed by atoms with Crippen molar-refractivity contribution in [3.8, 4) is 0 Å². The van der Waals surface area contributed by atoms with E-state index in [0.717, 1.165) is 19.4 Å². The number of hydrogen-bond acceptors (Lipinski definition) is 2. The quantitative estimate of drug-likeness (QED) is 0.646. The SMILES string of the molecule is CC(C)(C)CC1CCNCC1=O. The molecule has 2 heteroatoms. The molecule has 0 aromatic heterocycles. The van der Waals surface area contributed by atoms with Crippen LogP contribution >= 0.6 is 0 Å². The molecule has 0 saturated carbocycles. The van der Waals surface area contributed by atoms with Gasteiger partial charge in [-0.3, -0.25) is 4.79 Å². The highest BCUT2D eigenvalue weighted by molar-refractivity contribution is 5.83. The first-order chi connectivity index (χ1) is 5.49. The summed E-state index contributed by atoms with van der Waals surface area (Å²) in [7, 11) is 0. The van der Waals surface area contributed by atoms with Crippen molar-refractivity contribution in [3.63, 3.8) is 0 Å². The van der Waals surface area contributed by atoms with Crippen LogP contribution in [0.25, 0.3) is 0 Å². The van der Waals surface area contributed by atoms with E-state index in [2.05, 4.69) is 26.1 Å². The normalized spacial score (nSPS) is 25.9.